The second kappa shape index (κ2) is 7.72. The number of benzene rings is 1. The van der Waals surface area contributed by atoms with E-state index in [-0.39, 0.29) is 4.77 Å². The van der Waals surface area contributed by atoms with Gasteiger partial charge in [0, 0.05) is 0 Å². The first-order valence-electron chi connectivity index (χ1n) is 6.71. The molecule has 122 valence electrons. The first-order chi connectivity index (χ1) is 10.9. The van der Waals surface area contributed by atoms with Crippen LogP contribution in [0.25, 0.3) is 0 Å². The number of H-pyrrole nitrogens is 1. The number of aromatic nitrogens is 3. The number of rotatable bonds is 5. The van der Waals surface area contributed by atoms with Crippen LogP contribution in [0, 0.1) is 10.7 Å². The molecule has 6 nitrogen and oxygen atoms in total. The minimum atomic E-state index is -0.445. The number of nitrogens with zero attached hydrogens (tertiary/aromatic N) is 3. The second-order valence-corrected chi connectivity index (χ2v) is 6.29. The van der Waals surface area contributed by atoms with Crippen molar-refractivity contribution in [2.24, 2.45) is 11.0 Å². The number of hydrogen-bond acceptors (Lipinski definition) is 5. The predicted octanol–water partition coefficient (Wildman–Crippen LogP) is 3.52. The van der Waals surface area contributed by atoms with Gasteiger partial charge in [0.1, 0.15) is 6.20 Å². The van der Waals surface area contributed by atoms with Crippen molar-refractivity contribution in [1.29, 1.82) is 0 Å². The summed E-state index contributed by atoms with van der Waals surface area (Å²) in [6.45, 7) is 4.56. The summed E-state index contributed by atoms with van der Waals surface area (Å²) in [5.74, 6) is 0.779. The molecule has 0 amide bonds. The zero-order valence-electron chi connectivity index (χ0n) is 12.4. The highest BCUT2D eigenvalue weighted by Gasteiger charge is 2.10. The van der Waals surface area contributed by atoms with Gasteiger partial charge in [-0.1, -0.05) is 37.0 Å². The van der Waals surface area contributed by atoms with Gasteiger partial charge in [-0.2, -0.15) is 14.9 Å². The monoisotopic (exact) mass is 372 g/mol. The van der Waals surface area contributed by atoms with E-state index in [9.17, 15) is 4.79 Å². The Labute approximate surface area is 147 Å². The molecule has 0 aliphatic heterocycles. The molecule has 0 radical (unpaired) electrons. The summed E-state index contributed by atoms with van der Waals surface area (Å²) >= 11 is 17.3. The van der Waals surface area contributed by atoms with E-state index in [2.05, 4.69) is 15.3 Å². The molecule has 0 spiro atoms. The highest BCUT2D eigenvalue weighted by Crippen LogP contribution is 2.34. The van der Waals surface area contributed by atoms with Crippen LogP contribution in [0.4, 0.5) is 0 Å². The highest BCUT2D eigenvalue weighted by atomic mass is 35.5. The van der Waals surface area contributed by atoms with Crippen LogP contribution in [0.1, 0.15) is 19.4 Å². The Kier molecular flexibility index (Phi) is 5.92. The molecule has 23 heavy (non-hydrogen) atoms. The minimum Gasteiger partial charge on any atom is -0.490 e. The molecule has 0 unspecified atom stereocenters. The first-order valence-corrected chi connectivity index (χ1v) is 7.88. The summed E-state index contributed by atoms with van der Waals surface area (Å²) in [4.78, 5) is 11.6. The number of nitrogens with one attached hydrogen (secondary N) is 1. The van der Waals surface area contributed by atoms with Crippen LogP contribution in [-0.2, 0) is 0 Å². The van der Waals surface area contributed by atoms with E-state index in [4.69, 9.17) is 40.2 Å². The first kappa shape index (κ1) is 17.7. The molecule has 0 atom stereocenters. The maximum absolute atomic E-state index is 11.6. The third-order valence-corrected chi connectivity index (χ3v) is 3.47. The molecule has 2 rings (SSSR count). The number of aromatic amines is 1. The summed E-state index contributed by atoms with van der Waals surface area (Å²) in [6.07, 6.45) is 2.50. The number of halogens is 2. The molecule has 9 heteroatoms. The van der Waals surface area contributed by atoms with Gasteiger partial charge in [0.2, 0.25) is 4.77 Å². The van der Waals surface area contributed by atoms with Gasteiger partial charge in [0.25, 0.3) is 5.56 Å². The van der Waals surface area contributed by atoms with E-state index in [1.165, 1.54) is 6.21 Å². The molecule has 2 aromatic rings. The standard InChI is InChI=1S/C14H14Cl2N4O2S/c1-8(2)7-22-13-10(15)3-9(4-11(13)16)5-18-20-12(21)6-17-19-14(20)23/h3-6,8H,7H2,1-2H3,(H,19,23)/b18-5-. The molecule has 0 aliphatic rings. The average Bonchev–Trinajstić information content (AvgIpc) is 2.45. The second-order valence-electron chi connectivity index (χ2n) is 5.09. The van der Waals surface area contributed by atoms with Crippen molar-refractivity contribution in [2.75, 3.05) is 6.61 Å². The number of ether oxygens (including phenoxy) is 1. The zero-order chi connectivity index (χ0) is 17.0. The Balaban J connectivity index is 2.30. The fourth-order valence-corrected chi connectivity index (χ4v) is 2.42. The molecule has 0 saturated carbocycles. The van der Waals surface area contributed by atoms with Crippen molar-refractivity contribution < 1.29 is 4.74 Å². The van der Waals surface area contributed by atoms with Gasteiger partial charge < -0.3 is 4.74 Å². The maximum atomic E-state index is 11.6. The van der Waals surface area contributed by atoms with Crippen molar-refractivity contribution in [2.45, 2.75) is 13.8 Å². The predicted molar refractivity (Wildman–Crippen MR) is 93.5 cm³/mol. The van der Waals surface area contributed by atoms with Crippen molar-refractivity contribution in [3.8, 4) is 5.75 Å². The van der Waals surface area contributed by atoms with Crippen molar-refractivity contribution in [3.05, 3.63) is 49.1 Å². The van der Waals surface area contributed by atoms with Crippen LogP contribution in [0.3, 0.4) is 0 Å². The molecule has 1 heterocycles. The molecule has 1 aromatic heterocycles. The lowest BCUT2D eigenvalue weighted by molar-refractivity contribution is 0.271. The van der Waals surface area contributed by atoms with Gasteiger partial charge >= 0.3 is 0 Å². The van der Waals surface area contributed by atoms with Crippen LogP contribution in [0.2, 0.25) is 10.0 Å². The Morgan fingerprint density at radius 2 is 2.09 bits per heavy atom. The molecule has 1 N–H and O–H groups in total. The topological polar surface area (TPSA) is 72.3 Å². The molecule has 0 bridgehead atoms. The van der Waals surface area contributed by atoms with Gasteiger partial charge in [-0.25, -0.2) is 0 Å². The fraction of sp³-hybridized carbons (Fsp3) is 0.286. The smallest absolute Gasteiger partial charge is 0.293 e. The third-order valence-electron chi connectivity index (χ3n) is 2.64. The van der Waals surface area contributed by atoms with E-state index in [0.29, 0.717) is 33.9 Å². The molecule has 1 aromatic carbocycles. The van der Waals surface area contributed by atoms with Crippen molar-refractivity contribution in [1.82, 2.24) is 14.9 Å². The Morgan fingerprint density at radius 1 is 1.43 bits per heavy atom. The zero-order valence-corrected chi connectivity index (χ0v) is 14.7. The van der Waals surface area contributed by atoms with E-state index >= 15 is 0 Å². The molecular weight excluding hydrogens is 359 g/mol. The van der Waals surface area contributed by atoms with E-state index < -0.39 is 5.56 Å². The fourth-order valence-electron chi connectivity index (χ4n) is 1.62. The Hall–Kier alpha value is -1.70. The van der Waals surface area contributed by atoms with Gasteiger partial charge in [0.05, 0.1) is 22.9 Å². The van der Waals surface area contributed by atoms with Crippen LogP contribution >= 0.6 is 35.4 Å². The average molecular weight is 373 g/mol. The van der Waals surface area contributed by atoms with Gasteiger partial charge in [-0.3, -0.25) is 9.89 Å². The molecule has 0 aliphatic carbocycles. The SMILES string of the molecule is CC(C)COc1c(Cl)cc(/C=N\n2c(=O)cn[nH]c2=S)cc1Cl. The van der Waals surface area contributed by atoms with Gasteiger partial charge in [-0.15, -0.1) is 0 Å². The summed E-state index contributed by atoms with van der Waals surface area (Å²) in [7, 11) is 0. The molecule has 0 saturated heterocycles. The van der Waals surface area contributed by atoms with Crippen LogP contribution in [-0.4, -0.2) is 27.7 Å². The lowest BCUT2D eigenvalue weighted by atomic mass is 10.2. The summed E-state index contributed by atoms with van der Waals surface area (Å²) < 4.78 is 6.68. The minimum absolute atomic E-state index is 0.0860. The maximum Gasteiger partial charge on any atom is 0.293 e. The third kappa shape index (κ3) is 4.63. The Bertz CT molecular complexity index is 794. The molecule has 0 fully saturated rings. The largest absolute Gasteiger partial charge is 0.490 e. The van der Waals surface area contributed by atoms with Crippen LogP contribution in [0.5, 0.6) is 5.75 Å². The summed E-state index contributed by atoms with van der Waals surface area (Å²) in [5.41, 5.74) is 0.161. The summed E-state index contributed by atoms with van der Waals surface area (Å²) in [5, 5.41) is 10.8. The van der Waals surface area contributed by atoms with Crippen molar-refractivity contribution in [3.63, 3.8) is 0 Å². The van der Waals surface area contributed by atoms with E-state index in [1.54, 1.807) is 12.1 Å². The quantitative estimate of drug-likeness (QED) is 0.643. The Morgan fingerprint density at radius 3 is 2.65 bits per heavy atom. The highest BCUT2D eigenvalue weighted by molar-refractivity contribution is 7.71. The van der Waals surface area contributed by atoms with Crippen molar-refractivity contribution >= 4 is 41.6 Å². The summed E-state index contributed by atoms with van der Waals surface area (Å²) in [6, 6.07) is 3.29. The van der Waals surface area contributed by atoms with Crippen LogP contribution < -0.4 is 10.3 Å². The van der Waals surface area contributed by atoms with E-state index in [0.717, 1.165) is 10.9 Å². The normalized spacial score (nSPS) is 11.3. The number of hydrogen-bond donors (Lipinski definition) is 1. The van der Waals surface area contributed by atoms with Crippen LogP contribution in [0.15, 0.2) is 28.2 Å². The van der Waals surface area contributed by atoms with Gasteiger partial charge in [-0.05, 0) is 35.8 Å². The lowest BCUT2D eigenvalue weighted by Gasteiger charge is -2.12. The lowest BCUT2D eigenvalue weighted by Crippen LogP contribution is -2.18. The van der Waals surface area contributed by atoms with E-state index in [1.807, 2.05) is 13.8 Å². The van der Waals surface area contributed by atoms with Gasteiger partial charge in [0.15, 0.2) is 5.75 Å². The molecular formula is C14H14Cl2N4O2S.